The lowest BCUT2D eigenvalue weighted by molar-refractivity contribution is -0.143. The summed E-state index contributed by atoms with van der Waals surface area (Å²) >= 11 is 3.88. The minimum Gasteiger partial charge on any atom is -0.480 e. The lowest BCUT2D eigenvalue weighted by Gasteiger charge is -2.25. The van der Waals surface area contributed by atoms with E-state index in [4.69, 9.17) is 16.9 Å². The summed E-state index contributed by atoms with van der Waals surface area (Å²) in [5.41, 5.74) is 10.6. The molecule has 14 nitrogen and oxygen atoms in total. The summed E-state index contributed by atoms with van der Waals surface area (Å²) < 4.78 is 0. The highest BCUT2D eigenvalue weighted by atomic mass is 32.1. The quantitative estimate of drug-likeness (QED) is 0.0406. The van der Waals surface area contributed by atoms with Crippen molar-refractivity contribution in [3.63, 3.8) is 0 Å². The Balaban J connectivity index is 2.53. The monoisotopic (exact) mass is 486 g/mol. The van der Waals surface area contributed by atoms with Gasteiger partial charge in [0.25, 0.3) is 0 Å². The maximum atomic E-state index is 12.6. The smallest absolute Gasteiger partial charge is 0.326 e. The van der Waals surface area contributed by atoms with Gasteiger partial charge in [0.2, 0.25) is 23.6 Å². The average Bonchev–Trinajstić information content (AvgIpc) is 3.26. The number of nitrogens with zero attached hydrogens (tertiary/aromatic N) is 1. The number of hydrogen-bond acceptors (Lipinski definition) is 8. The van der Waals surface area contributed by atoms with Gasteiger partial charge in [0, 0.05) is 18.8 Å². The Morgan fingerprint density at radius 1 is 1.18 bits per heavy atom. The van der Waals surface area contributed by atoms with E-state index in [0.29, 0.717) is 6.42 Å². The number of thiol groups is 1. The van der Waals surface area contributed by atoms with Crippen LogP contribution in [0.3, 0.4) is 0 Å². The molecule has 0 aromatic heterocycles. The zero-order chi connectivity index (χ0) is 25.0. The number of carbonyl (C=O) groups is 5. The fourth-order valence-electron chi connectivity index (χ4n) is 2.77. The van der Waals surface area contributed by atoms with Crippen LogP contribution in [0.1, 0.15) is 12.8 Å². The summed E-state index contributed by atoms with van der Waals surface area (Å²) in [5.74, 6) is -3.80. The predicted octanol–water partition coefficient (Wildman–Crippen LogP) is -3.92. The van der Waals surface area contributed by atoms with Crippen molar-refractivity contribution in [2.24, 2.45) is 11.5 Å². The Labute approximate surface area is 195 Å². The summed E-state index contributed by atoms with van der Waals surface area (Å²) in [4.78, 5) is 61.1. The fourth-order valence-corrected chi connectivity index (χ4v) is 2.94. The van der Waals surface area contributed by atoms with Gasteiger partial charge in [-0.05, 0) is 12.8 Å². The van der Waals surface area contributed by atoms with Gasteiger partial charge in [0.1, 0.15) is 12.1 Å². The number of amides is 4. The standard InChI is InChI=1S/C18H30N8O6S/c19-10(9-33)15(29)24-7-13(27)23-8-14(28)26-6-2-4-12(26)16(30)25-11(17(31)32)3-1-5-22-18(20)21/h2,4,10-12,33H,1,3,5-9,19H2,(H,23,27)(H,24,29)(H,25,30)(H,31,32)(H4,20,21,22)/t10-,11-,12-/m0/s1. The van der Waals surface area contributed by atoms with E-state index in [2.05, 4.69) is 33.9 Å². The molecule has 0 aromatic rings. The number of guanidine groups is 1. The molecule has 1 aliphatic heterocycles. The van der Waals surface area contributed by atoms with Crippen LogP contribution < -0.4 is 32.7 Å². The second kappa shape index (κ2) is 13.9. The summed E-state index contributed by atoms with van der Waals surface area (Å²) in [6.07, 6.45) is 3.46. The summed E-state index contributed by atoms with van der Waals surface area (Å²) in [6.45, 7) is -0.420. The molecule has 1 rings (SSSR count). The molecule has 0 bridgehead atoms. The molecule has 4 amide bonds. The third-order valence-electron chi connectivity index (χ3n) is 4.54. The van der Waals surface area contributed by atoms with Gasteiger partial charge in [-0.2, -0.15) is 12.6 Å². The van der Waals surface area contributed by atoms with Gasteiger partial charge in [-0.25, -0.2) is 4.79 Å². The van der Waals surface area contributed by atoms with E-state index in [0.717, 1.165) is 0 Å². The number of hydrogen-bond donors (Lipinski definition) is 9. The molecule has 0 saturated carbocycles. The highest BCUT2D eigenvalue weighted by Crippen LogP contribution is 2.11. The molecule has 0 radical (unpaired) electrons. The molecule has 10 N–H and O–H groups in total. The number of nitrogens with one attached hydrogen (secondary N) is 5. The van der Waals surface area contributed by atoms with Crippen molar-refractivity contribution < 1.29 is 29.1 Å². The predicted molar refractivity (Wildman–Crippen MR) is 121 cm³/mol. The Morgan fingerprint density at radius 2 is 1.88 bits per heavy atom. The second-order valence-corrected chi connectivity index (χ2v) is 7.45. The minimum atomic E-state index is -1.24. The summed E-state index contributed by atoms with van der Waals surface area (Å²) in [6, 6.07) is -3.08. The van der Waals surface area contributed by atoms with Gasteiger partial charge in [-0.15, -0.1) is 0 Å². The SMILES string of the molecule is N=C(N)NCCC[C@H](NC(=O)[C@@H]1C=CCN1C(=O)CNC(=O)CNC(=O)[C@@H](N)CS)C(=O)O. The van der Waals surface area contributed by atoms with Crippen LogP contribution in [-0.2, 0) is 24.0 Å². The average molecular weight is 487 g/mol. The first-order valence-electron chi connectivity index (χ1n) is 10.0. The molecule has 184 valence electrons. The first kappa shape index (κ1) is 27.7. The molecule has 0 fully saturated rings. The molecule has 3 atom stereocenters. The number of carboxylic acids is 1. The first-order chi connectivity index (χ1) is 15.6. The number of carboxylic acid groups (broad SMARTS) is 1. The van der Waals surface area contributed by atoms with Crippen LogP contribution in [-0.4, -0.2) is 95.6 Å². The van der Waals surface area contributed by atoms with Crippen LogP contribution >= 0.6 is 12.6 Å². The van der Waals surface area contributed by atoms with E-state index in [1.165, 1.54) is 11.0 Å². The maximum Gasteiger partial charge on any atom is 0.326 e. The number of carbonyl (C=O) groups excluding carboxylic acids is 4. The van der Waals surface area contributed by atoms with Crippen molar-refractivity contribution >= 4 is 48.2 Å². The number of nitrogens with two attached hydrogens (primary N) is 2. The number of aliphatic carboxylic acids is 1. The molecule has 15 heteroatoms. The highest BCUT2D eigenvalue weighted by Gasteiger charge is 2.32. The van der Waals surface area contributed by atoms with E-state index in [1.807, 2.05) is 0 Å². The second-order valence-electron chi connectivity index (χ2n) is 7.08. The van der Waals surface area contributed by atoms with Gasteiger partial charge in [-0.1, -0.05) is 12.2 Å². The normalized spacial score (nSPS) is 16.4. The Hall–Kier alpha value is -3.33. The van der Waals surface area contributed by atoms with Crippen molar-refractivity contribution in [1.82, 2.24) is 26.2 Å². The molecular weight excluding hydrogens is 456 g/mol. The Bertz CT molecular complexity index is 792. The highest BCUT2D eigenvalue weighted by molar-refractivity contribution is 7.80. The lowest BCUT2D eigenvalue weighted by Crippen LogP contribution is -2.53. The summed E-state index contributed by atoms with van der Waals surface area (Å²) in [5, 5.41) is 26.0. The van der Waals surface area contributed by atoms with Crippen molar-refractivity contribution in [2.45, 2.75) is 31.0 Å². The van der Waals surface area contributed by atoms with E-state index in [9.17, 15) is 29.1 Å². The van der Waals surface area contributed by atoms with E-state index in [-0.39, 0.29) is 37.8 Å². The van der Waals surface area contributed by atoms with E-state index < -0.39 is 54.3 Å². The first-order valence-corrected chi connectivity index (χ1v) is 10.7. The van der Waals surface area contributed by atoms with Gasteiger partial charge in [0.15, 0.2) is 5.96 Å². The fraction of sp³-hybridized carbons (Fsp3) is 0.556. The van der Waals surface area contributed by atoms with Gasteiger partial charge in [0.05, 0.1) is 19.1 Å². The van der Waals surface area contributed by atoms with Crippen LogP contribution in [0.25, 0.3) is 0 Å². The van der Waals surface area contributed by atoms with Crippen LogP contribution in [0.5, 0.6) is 0 Å². The molecule has 1 aliphatic rings. The molecule has 0 unspecified atom stereocenters. The van der Waals surface area contributed by atoms with Crippen LogP contribution in [0.2, 0.25) is 0 Å². The van der Waals surface area contributed by atoms with Gasteiger partial charge in [-0.3, -0.25) is 24.6 Å². The molecule has 0 aliphatic carbocycles. The van der Waals surface area contributed by atoms with Crippen molar-refractivity contribution in [3.8, 4) is 0 Å². The molecular formula is C18H30N8O6S. The zero-order valence-corrected chi connectivity index (χ0v) is 18.8. The maximum absolute atomic E-state index is 12.6. The number of rotatable bonds is 13. The minimum absolute atomic E-state index is 0.0877. The van der Waals surface area contributed by atoms with Crippen molar-refractivity contribution in [2.75, 3.05) is 31.9 Å². The van der Waals surface area contributed by atoms with Crippen LogP contribution in [0.15, 0.2) is 12.2 Å². The molecule has 1 heterocycles. The van der Waals surface area contributed by atoms with Crippen LogP contribution in [0, 0.1) is 5.41 Å². The zero-order valence-electron chi connectivity index (χ0n) is 17.9. The molecule has 0 saturated heterocycles. The molecule has 33 heavy (non-hydrogen) atoms. The van der Waals surface area contributed by atoms with Crippen molar-refractivity contribution in [3.05, 3.63) is 12.2 Å². The van der Waals surface area contributed by atoms with Gasteiger partial charge >= 0.3 is 5.97 Å². The van der Waals surface area contributed by atoms with Crippen LogP contribution in [0.4, 0.5) is 0 Å². The Kier molecular flexibility index (Phi) is 11.7. The lowest BCUT2D eigenvalue weighted by atomic mass is 10.1. The van der Waals surface area contributed by atoms with Gasteiger partial charge < -0.3 is 42.7 Å². The third kappa shape index (κ3) is 9.78. The van der Waals surface area contributed by atoms with Crippen molar-refractivity contribution in [1.29, 1.82) is 5.41 Å². The molecule has 0 aromatic carbocycles. The topological polar surface area (TPSA) is 233 Å². The van der Waals surface area contributed by atoms with E-state index in [1.54, 1.807) is 6.08 Å². The largest absolute Gasteiger partial charge is 0.480 e. The molecule has 0 spiro atoms. The summed E-state index contributed by atoms with van der Waals surface area (Å²) in [7, 11) is 0. The van der Waals surface area contributed by atoms with E-state index >= 15 is 0 Å². The third-order valence-corrected chi connectivity index (χ3v) is 4.93. The Morgan fingerprint density at radius 3 is 2.48 bits per heavy atom.